The Balaban J connectivity index is 1.69. The lowest BCUT2D eigenvalue weighted by Crippen LogP contribution is -2.15. The molecule has 0 aliphatic rings. The first-order valence-electron chi connectivity index (χ1n) is 7.59. The van der Waals surface area contributed by atoms with Gasteiger partial charge in [0.2, 0.25) is 5.89 Å². The van der Waals surface area contributed by atoms with Gasteiger partial charge in [0.05, 0.1) is 19.0 Å². The van der Waals surface area contributed by atoms with E-state index in [1.165, 1.54) is 0 Å². The summed E-state index contributed by atoms with van der Waals surface area (Å²) in [5.41, 5.74) is 1.80. The van der Waals surface area contributed by atoms with Crippen molar-refractivity contribution in [1.29, 1.82) is 5.26 Å². The Kier molecular flexibility index (Phi) is 5.50. The molecule has 0 unspecified atom stereocenters. The first-order valence-corrected chi connectivity index (χ1v) is 8.67. The van der Waals surface area contributed by atoms with Crippen LogP contribution in [0.2, 0.25) is 0 Å². The molecule has 25 heavy (non-hydrogen) atoms. The highest BCUT2D eigenvalue weighted by atomic mass is 125. The minimum absolute atomic E-state index is 0.205. The van der Waals surface area contributed by atoms with Crippen LogP contribution >= 0.6 is 22.6 Å². The molecule has 3 aromatic rings. The SMILES string of the molecule is N#CCCn1nc(-c2ccc(OCc3ccccc3[125I])cc2)oc1=O. The molecule has 6 nitrogen and oxygen atoms in total. The van der Waals surface area contributed by atoms with E-state index in [1.54, 1.807) is 24.3 Å². The van der Waals surface area contributed by atoms with Crippen LogP contribution in [0.3, 0.4) is 0 Å². The van der Waals surface area contributed by atoms with Crippen LogP contribution in [0.25, 0.3) is 11.5 Å². The van der Waals surface area contributed by atoms with Gasteiger partial charge in [-0.25, -0.2) is 4.79 Å². The van der Waals surface area contributed by atoms with E-state index in [4.69, 9.17) is 14.4 Å². The second-order valence-electron chi connectivity index (χ2n) is 5.21. The topological polar surface area (TPSA) is 81.1 Å². The monoisotopic (exact) mass is 445 g/mol. The molecule has 3 rings (SSSR count). The van der Waals surface area contributed by atoms with Crippen LogP contribution in [-0.4, -0.2) is 9.78 Å². The lowest BCUT2D eigenvalue weighted by molar-refractivity contribution is 0.305. The van der Waals surface area contributed by atoms with Crippen LogP contribution in [0.15, 0.2) is 57.7 Å². The fourth-order valence-corrected chi connectivity index (χ4v) is 2.73. The van der Waals surface area contributed by atoms with Gasteiger partial charge in [0.25, 0.3) is 0 Å². The molecular weight excluding hydrogens is 431 g/mol. The Morgan fingerprint density at radius 3 is 2.68 bits per heavy atom. The molecule has 7 heteroatoms. The summed E-state index contributed by atoms with van der Waals surface area (Å²) >= 11 is 2.28. The lowest BCUT2D eigenvalue weighted by Gasteiger charge is -2.08. The number of benzene rings is 2. The molecule has 0 radical (unpaired) electrons. The first kappa shape index (κ1) is 17.2. The number of nitriles is 1. The number of halogens is 1. The van der Waals surface area contributed by atoms with Crippen molar-refractivity contribution in [3.8, 4) is 23.3 Å². The molecule has 126 valence electrons. The fraction of sp³-hybridized carbons (Fsp3) is 0.167. The Morgan fingerprint density at radius 2 is 1.96 bits per heavy atom. The summed E-state index contributed by atoms with van der Waals surface area (Å²) < 4.78 is 13.2. The Labute approximate surface area is 157 Å². The van der Waals surface area contributed by atoms with Gasteiger partial charge in [-0.1, -0.05) is 18.2 Å². The highest BCUT2D eigenvalue weighted by Gasteiger charge is 2.10. The zero-order chi connectivity index (χ0) is 17.6. The van der Waals surface area contributed by atoms with Gasteiger partial charge in [0.15, 0.2) is 0 Å². The van der Waals surface area contributed by atoms with Gasteiger partial charge in [0.1, 0.15) is 12.4 Å². The van der Waals surface area contributed by atoms with E-state index in [0.29, 0.717) is 12.2 Å². The largest absolute Gasteiger partial charge is 0.489 e. The molecule has 0 aliphatic heterocycles. The second-order valence-corrected chi connectivity index (χ2v) is 6.37. The fourth-order valence-electron chi connectivity index (χ4n) is 2.19. The van der Waals surface area contributed by atoms with Crippen molar-refractivity contribution >= 4 is 22.6 Å². The van der Waals surface area contributed by atoms with Gasteiger partial charge in [-0.15, -0.1) is 5.10 Å². The average molecular weight is 445 g/mol. The second kappa shape index (κ2) is 7.98. The van der Waals surface area contributed by atoms with E-state index < -0.39 is 5.76 Å². The normalized spacial score (nSPS) is 10.4. The summed E-state index contributed by atoms with van der Waals surface area (Å²) in [4.78, 5) is 11.7. The van der Waals surface area contributed by atoms with Crippen LogP contribution in [-0.2, 0) is 13.2 Å². The van der Waals surface area contributed by atoms with Crippen molar-refractivity contribution in [1.82, 2.24) is 9.78 Å². The van der Waals surface area contributed by atoms with Gasteiger partial charge in [-0.3, -0.25) is 0 Å². The minimum atomic E-state index is -0.566. The van der Waals surface area contributed by atoms with E-state index in [1.807, 2.05) is 30.3 Å². The van der Waals surface area contributed by atoms with Crippen LogP contribution < -0.4 is 10.5 Å². The summed E-state index contributed by atoms with van der Waals surface area (Å²) in [6.45, 7) is 0.700. The maximum absolute atomic E-state index is 11.7. The lowest BCUT2D eigenvalue weighted by atomic mass is 10.2. The standard InChI is InChI=1S/C18H14IN3O3/c19-16-5-2-1-4-14(16)12-24-15-8-6-13(7-9-15)17-21-22(11-3-10-20)18(23)25-17/h1-2,4-9H,3,11-12H2/i19-2. The van der Waals surface area contributed by atoms with Crippen molar-refractivity contribution in [3.63, 3.8) is 0 Å². The van der Waals surface area contributed by atoms with Gasteiger partial charge in [-0.2, -0.15) is 9.94 Å². The van der Waals surface area contributed by atoms with E-state index >= 15 is 0 Å². The quantitative estimate of drug-likeness (QED) is 0.542. The molecular formula is C18H14IN3O3. The molecule has 0 N–H and O–H groups in total. The third-order valence-electron chi connectivity index (χ3n) is 3.50. The van der Waals surface area contributed by atoms with Crippen molar-refractivity contribution in [2.45, 2.75) is 19.6 Å². The zero-order valence-corrected chi connectivity index (χ0v) is 15.3. The van der Waals surface area contributed by atoms with Gasteiger partial charge >= 0.3 is 5.76 Å². The highest BCUT2D eigenvalue weighted by Crippen LogP contribution is 2.21. The molecule has 0 saturated heterocycles. The number of hydrogen-bond acceptors (Lipinski definition) is 5. The Hall–Kier alpha value is -2.60. The third-order valence-corrected chi connectivity index (χ3v) is 4.55. The number of hydrogen-bond donors (Lipinski definition) is 0. The maximum atomic E-state index is 11.7. The van der Waals surface area contributed by atoms with Crippen molar-refractivity contribution in [2.75, 3.05) is 0 Å². The molecule has 0 spiro atoms. The number of rotatable bonds is 6. The summed E-state index contributed by atoms with van der Waals surface area (Å²) in [6, 6.07) is 17.2. The predicted molar refractivity (Wildman–Crippen MR) is 99.9 cm³/mol. The molecule has 0 fully saturated rings. The van der Waals surface area contributed by atoms with Crippen LogP contribution in [0.1, 0.15) is 12.0 Å². The summed E-state index contributed by atoms with van der Waals surface area (Å²) in [6.07, 6.45) is 0.205. The minimum Gasteiger partial charge on any atom is -0.489 e. The van der Waals surface area contributed by atoms with Crippen LogP contribution in [0.4, 0.5) is 0 Å². The van der Waals surface area contributed by atoms with E-state index in [9.17, 15) is 4.79 Å². The number of aromatic nitrogens is 2. The summed E-state index contributed by atoms with van der Waals surface area (Å²) in [7, 11) is 0. The number of nitrogens with zero attached hydrogens (tertiary/aromatic N) is 3. The van der Waals surface area contributed by atoms with Crippen LogP contribution in [0.5, 0.6) is 5.75 Å². The highest BCUT2D eigenvalue weighted by molar-refractivity contribution is 14.1. The molecule has 0 amide bonds. The van der Waals surface area contributed by atoms with E-state index in [0.717, 1.165) is 19.6 Å². The van der Waals surface area contributed by atoms with E-state index in [2.05, 4.69) is 27.7 Å². The molecule has 0 atom stereocenters. The molecule has 1 aromatic heterocycles. The third kappa shape index (κ3) is 4.28. The molecule has 1 heterocycles. The van der Waals surface area contributed by atoms with Gasteiger partial charge < -0.3 is 9.15 Å². The van der Waals surface area contributed by atoms with Gasteiger partial charge in [-0.05, 0) is 52.9 Å². The Bertz CT molecular complexity index is 955. The first-order chi connectivity index (χ1) is 12.2. The van der Waals surface area contributed by atoms with E-state index in [-0.39, 0.29) is 18.9 Å². The summed E-state index contributed by atoms with van der Waals surface area (Å²) in [5.74, 6) is 0.381. The summed E-state index contributed by atoms with van der Waals surface area (Å²) in [5, 5.41) is 12.7. The van der Waals surface area contributed by atoms with Crippen molar-refractivity contribution < 1.29 is 9.15 Å². The smallest absolute Gasteiger partial charge is 0.437 e. The average Bonchev–Trinajstić information content (AvgIpc) is 3.00. The molecule has 0 aliphatic carbocycles. The zero-order valence-electron chi connectivity index (χ0n) is 13.2. The Morgan fingerprint density at radius 1 is 1.20 bits per heavy atom. The van der Waals surface area contributed by atoms with Gasteiger partial charge in [0, 0.05) is 14.7 Å². The maximum Gasteiger partial charge on any atom is 0.437 e. The van der Waals surface area contributed by atoms with Crippen LogP contribution in [0, 0.1) is 14.9 Å². The van der Waals surface area contributed by atoms with Crippen molar-refractivity contribution in [2.24, 2.45) is 0 Å². The number of ether oxygens (including phenoxy) is 1. The number of aryl methyl sites for hydroxylation is 1. The molecule has 2 aromatic carbocycles. The predicted octanol–water partition coefficient (Wildman–Crippen LogP) is 3.60. The van der Waals surface area contributed by atoms with Crippen molar-refractivity contribution in [3.05, 3.63) is 68.2 Å². The molecule has 0 saturated carbocycles. The molecule has 0 bridgehead atoms.